The number of rotatable bonds is 6. The van der Waals surface area contributed by atoms with Crippen molar-refractivity contribution in [2.75, 3.05) is 5.32 Å². The zero-order valence-corrected chi connectivity index (χ0v) is 14.1. The van der Waals surface area contributed by atoms with E-state index in [4.69, 9.17) is 0 Å². The Morgan fingerprint density at radius 2 is 1.19 bits per heavy atom. The minimum absolute atomic E-state index is 0.415. The summed E-state index contributed by atoms with van der Waals surface area (Å²) in [6.07, 6.45) is 2.87. The normalized spacial score (nSPS) is 11.8. The van der Waals surface area contributed by atoms with Crippen LogP contribution >= 0.6 is 0 Å². The lowest BCUT2D eigenvalue weighted by Crippen LogP contribution is -1.98. The molecule has 0 aliphatic carbocycles. The average Bonchev–Trinajstić information content (AvgIpc) is 2.69. The number of nitrogens with one attached hydrogen (secondary N) is 1. The Morgan fingerprint density at radius 1 is 0.731 bits per heavy atom. The molecule has 0 saturated carbocycles. The van der Waals surface area contributed by atoms with Gasteiger partial charge in [-0.1, -0.05) is 78.9 Å². The van der Waals surface area contributed by atoms with Gasteiger partial charge in [-0.2, -0.15) is 0 Å². The maximum absolute atomic E-state index is 11.3. The number of hydrogen-bond acceptors (Lipinski definition) is 3. The summed E-state index contributed by atoms with van der Waals surface area (Å²) < 4.78 is 0. The summed E-state index contributed by atoms with van der Waals surface area (Å²) in [4.78, 5) is 10.9. The van der Waals surface area contributed by atoms with Gasteiger partial charge in [0.1, 0.15) is 0 Å². The predicted octanol–water partition coefficient (Wildman–Crippen LogP) is 5.46. The van der Waals surface area contributed by atoms with Crippen LogP contribution in [0.3, 0.4) is 0 Å². The van der Waals surface area contributed by atoms with Crippen molar-refractivity contribution in [3.8, 4) is 0 Å². The van der Waals surface area contributed by atoms with Gasteiger partial charge >= 0.3 is 0 Å². The second-order valence-electron chi connectivity index (χ2n) is 5.63. The number of nitro groups is 1. The van der Waals surface area contributed by atoms with Crippen molar-refractivity contribution in [2.24, 2.45) is 0 Å². The largest absolute Gasteiger partial charge is 0.361 e. The second-order valence-corrected chi connectivity index (χ2v) is 5.63. The first-order valence-electron chi connectivity index (χ1n) is 8.22. The van der Waals surface area contributed by atoms with E-state index >= 15 is 0 Å². The van der Waals surface area contributed by atoms with Crippen LogP contribution in [-0.4, -0.2) is 4.92 Å². The molecule has 3 rings (SSSR count). The Morgan fingerprint density at radius 3 is 1.69 bits per heavy atom. The predicted molar refractivity (Wildman–Crippen MR) is 106 cm³/mol. The van der Waals surface area contributed by atoms with Crippen molar-refractivity contribution < 1.29 is 4.92 Å². The van der Waals surface area contributed by atoms with E-state index in [1.54, 1.807) is 0 Å². The quantitative estimate of drug-likeness (QED) is 0.368. The monoisotopic (exact) mass is 342 g/mol. The second kappa shape index (κ2) is 8.44. The van der Waals surface area contributed by atoms with Crippen LogP contribution in [0.1, 0.15) is 11.1 Å². The molecule has 0 aliphatic heterocycles. The summed E-state index contributed by atoms with van der Waals surface area (Å²) in [6.45, 7) is 0. The standard InChI is InChI=1S/C22H18N2O2/c25-24(26)17-22(19-12-6-2-7-13-19)21(18-10-4-1-5-11-18)16-23-20-14-8-3-9-15-20/h1-17,23H. The Balaban J connectivity index is 2.10. The molecule has 0 heterocycles. The summed E-state index contributed by atoms with van der Waals surface area (Å²) in [7, 11) is 0. The molecule has 4 heteroatoms. The van der Waals surface area contributed by atoms with Crippen molar-refractivity contribution in [1.82, 2.24) is 0 Å². The SMILES string of the molecule is O=[N+]([O-])C=C(C(=CNc1ccccc1)c1ccccc1)c1ccccc1. The fourth-order valence-corrected chi connectivity index (χ4v) is 2.65. The van der Waals surface area contributed by atoms with Crippen LogP contribution in [0.15, 0.2) is 103 Å². The summed E-state index contributed by atoms with van der Waals surface area (Å²) in [5, 5.41) is 14.5. The van der Waals surface area contributed by atoms with Gasteiger partial charge in [0.25, 0.3) is 0 Å². The maximum atomic E-state index is 11.3. The third kappa shape index (κ3) is 4.45. The highest BCUT2D eigenvalue weighted by atomic mass is 16.6. The molecule has 4 nitrogen and oxygen atoms in total. The molecule has 3 aromatic carbocycles. The molecule has 26 heavy (non-hydrogen) atoms. The molecule has 3 aromatic rings. The Bertz CT molecular complexity index is 918. The van der Waals surface area contributed by atoms with Gasteiger partial charge in [-0.3, -0.25) is 10.1 Å². The fourth-order valence-electron chi connectivity index (χ4n) is 2.65. The topological polar surface area (TPSA) is 55.2 Å². The van der Waals surface area contributed by atoms with Crippen LogP contribution < -0.4 is 5.32 Å². The number of nitrogens with zero attached hydrogens (tertiary/aromatic N) is 1. The minimum atomic E-state index is -0.415. The van der Waals surface area contributed by atoms with Crippen LogP contribution in [0.4, 0.5) is 5.69 Å². The van der Waals surface area contributed by atoms with Crippen molar-refractivity contribution in [1.29, 1.82) is 0 Å². The average molecular weight is 342 g/mol. The smallest absolute Gasteiger partial charge is 0.242 e. The highest BCUT2D eigenvalue weighted by molar-refractivity contribution is 6.04. The molecule has 128 valence electrons. The van der Waals surface area contributed by atoms with E-state index in [-0.39, 0.29) is 0 Å². The molecule has 0 amide bonds. The van der Waals surface area contributed by atoms with E-state index in [0.717, 1.165) is 28.6 Å². The van der Waals surface area contributed by atoms with E-state index in [1.807, 2.05) is 97.2 Å². The van der Waals surface area contributed by atoms with Crippen molar-refractivity contribution in [2.45, 2.75) is 0 Å². The first kappa shape index (κ1) is 17.2. The molecule has 0 saturated heterocycles. The Labute approximate surface area is 152 Å². The molecule has 0 atom stereocenters. The summed E-state index contributed by atoms with van der Waals surface area (Å²) >= 11 is 0. The van der Waals surface area contributed by atoms with Crippen molar-refractivity contribution >= 4 is 16.8 Å². The lowest BCUT2D eigenvalue weighted by Gasteiger charge is -2.12. The third-order valence-corrected chi connectivity index (χ3v) is 3.85. The number of allylic oxidation sites excluding steroid dienone is 2. The van der Waals surface area contributed by atoms with Gasteiger partial charge in [-0.15, -0.1) is 0 Å². The molecule has 0 radical (unpaired) electrons. The highest BCUT2D eigenvalue weighted by Crippen LogP contribution is 2.31. The lowest BCUT2D eigenvalue weighted by atomic mass is 9.93. The molecule has 0 spiro atoms. The molecular formula is C22H18N2O2. The van der Waals surface area contributed by atoms with Crippen LogP contribution in [0.5, 0.6) is 0 Å². The summed E-state index contributed by atoms with van der Waals surface area (Å²) in [5.74, 6) is 0. The van der Waals surface area contributed by atoms with Crippen molar-refractivity contribution in [3.05, 3.63) is 125 Å². The van der Waals surface area contributed by atoms with E-state index in [2.05, 4.69) is 5.32 Å². The van der Waals surface area contributed by atoms with Gasteiger partial charge in [-0.25, -0.2) is 0 Å². The molecular weight excluding hydrogens is 324 g/mol. The van der Waals surface area contributed by atoms with Crippen LogP contribution in [0.2, 0.25) is 0 Å². The van der Waals surface area contributed by atoms with Gasteiger partial charge in [0.15, 0.2) is 0 Å². The van der Waals surface area contributed by atoms with Crippen LogP contribution in [0, 0.1) is 10.1 Å². The zero-order valence-electron chi connectivity index (χ0n) is 14.1. The Hall–Kier alpha value is -3.66. The van der Waals surface area contributed by atoms with Crippen LogP contribution in [-0.2, 0) is 0 Å². The number of benzene rings is 3. The fraction of sp³-hybridized carbons (Fsp3) is 0. The molecule has 0 fully saturated rings. The van der Waals surface area contributed by atoms with E-state index in [0.29, 0.717) is 5.57 Å². The van der Waals surface area contributed by atoms with E-state index in [9.17, 15) is 10.1 Å². The zero-order chi connectivity index (χ0) is 18.2. The first-order chi connectivity index (χ1) is 12.7. The van der Waals surface area contributed by atoms with E-state index < -0.39 is 4.92 Å². The Kier molecular flexibility index (Phi) is 5.58. The molecule has 0 aromatic heterocycles. The lowest BCUT2D eigenvalue weighted by molar-refractivity contribution is -0.401. The van der Waals surface area contributed by atoms with Gasteiger partial charge in [-0.05, 0) is 23.3 Å². The third-order valence-electron chi connectivity index (χ3n) is 3.85. The minimum Gasteiger partial charge on any atom is -0.361 e. The number of hydrogen-bond donors (Lipinski definition) is 1. The van der Waals surface area contributed by atoms with Gasteiger partial charge in [0.2, 0.25) is 6.20 Å². The van der Waals surface area contributed by atoms with Gasteiger partial charge in [0, 0.05) is 17.5 Å². The molecule has 0 aliphatic rings. The number of para-hydroxylation sites is 1. The molecule has 0 bridgehead atoms. The van der Waals surface area contributed by atoms with Gasteiger partial charge < -0.3 is 5.32 Å². The summed E-state index contributed by atoms with van der Waals surface area (Å²) in [6, 6.07) is 28.7. The van der Waals surface area contributed by atoms with E-state index in [1.165, 1.54) is 0 Å². The molecule has 1 N–H and O–H groups in total. The first-order valence-corrected chi connectivity index (χ1v) is 8.22. The van der Waals surface area contributed by atoms with Crippen molar-refractivity contribution in [3.63, 3.8) is 0 Å². The summed E-state index contributed by atoms with van der Waals surface area (Å²) in [5.41, 5.74) is 3.89. The highest BCUT2D eigenvalue weighted by Gasteiger charge is 2.14. The number of anilines is 1. The van der Waals surface area contributed by atoms with Crippen LogP contribution in [0.25, 0.3) is 11.1 Å². The maximum Gasteiger partial charge on any atom is 0.242 e. The van der Waals surface area contributed by atoms with Gasteiger partial charge in [0.05, 0.1) is 10.5 Å². The molecule has 0 unspecified atom stereocenters.